The number of carboxylic acids is 1. The number of aromatic nitrogens is 8. The number of hydrogen-bond acceptors (Lipinski definition) is 35. The second kappa shape index (κ2) is 62.2. The van der Waals surface area contributed by atoms with Crippen LogP contribution in [0.15, 0.2) is 247 Å². The number of nitrogens with zero attached hydrogens (tertiary/aromatic N) is 8. The van der Waals surface area contributed by atoms with Crippen LogP contribution < -0.4 is 234 Å². The first-order chi connectivity index (χ1) is 66.5. The SMILES string of the molecule is C.C.CC(=O)O.CC1(C)OB(B2OC(C)(C)C(C)(C)O2)OC1(C)C.CI.Cl.Cn1c(=O)oc2cc(-n3c(=O)c(C#N)cc4ccccc43)ccc21.Cn1c(=O)oc2cc(B(O)O)ccc21.Cn1c(=O)oc2cc(B3OC(C)(C)C(C)(C)O3)ccc21.Cn1c(=O)oc2cc(Br)ccc21.N.N#Cc1cc2ccccc2[nH]c1=O.NO.O=CO[O-].O=Cc1cc2ccccc2nc1Cl.O=c1[nH]c2ccc(Br)cc2o1.[H-].[K+].[K+].[Na+].[O-][I+3]([O-])([O-])[O-]. The van der Waals surface area contributed by atoms with Crippen molar-refractivity contribution in [3.8, 4) is 17.8 Å². The number of nitrogens with one attached hydrogen (secondary N) is 2. The zero-order valence-electron chi connectivity index (χ0n) is 84.3. The second-order valence-electron chi connectivity index (χ2n) is 33.1. The molecule has 8 aromatic carbocycles. The van der Waals surface area contributed by atoms with Crippen LogP contribution in [0.25, 0.3) is 93.9 Å². The number of carbonyl (C=O) groups excluding carboxylic acids is 2. The summed E-state index contributed by atoms with van der Waals surface area (Å²) in [5.74, 6) is 0.613. The molecule has 43 nitrogen and oxygen atoms in total. The Morgan fingerprint density at radius 3 is 1.34 bits per heavy atom. The van der Waals surface area contributed by atoms with Gasteiger partial charge in [-0.1, -0.05) is 148 Å². The van der Waals surface area contributed by atoms with Gasteiger partial charge in [0.05, 0.1) is 83.5 Å². The minimum absolute atomic E-state index is 0. The third-order valence-corrected chi connectivity index (χ3v) is 23.5. The van der Waals surface area contributed by atoms with Crippen LogP contribution >= 0.6 is 78.5 Å². The summed E-state index contributed by atoms with van der Waals surface area (Å²) >= 11 is 8.53. The van der Waals surface area contributed by atoms with Crippen molar-refractivity contribution in [2.45, 2.75) is 138 Å². The molecule has 0 unspecified atom stereocenters. The van der Waals surface area contributed by atoms with Gasteiger partial charge in [-0.05, 0) is 214 Å². The van der Waals surface area contributed by atoms with Gasteiger partial charge in [0.2, 0.25) is 0 Å². The summed E-state index contributed by atoms with van der Waals surface area (Å²) in [4.78, 5) is 122. The van der Waals surface area contributed by atoms with Crippen LogP contribution in [0.2, 0.25) is 5.15 Å². The van der Waals surface area contributed by atoms with Crippen LogP contribution in [0.3, 0.4) is 0 Å². The van der Waals surface area contributed by atoms with E-state index >= 15 is 0 Å². The molecule has 8 aromatic heterocycles. The van der Waals surface area contributed by atoms with Gasteiger partial charge in [0.25, 0.3) is 23.6 Å². The molecule has 11 N–H and O–H groups in total. The number of aryl methyl sites for hydroxylation is 4. The molecule has 3 aliphatic rings. The summed E-state index contributed by atoms with van der Waals surface area (Å²) in [6, 6.07) is 56.9. The van der Waals surface area contributed by atoms with E-state index in [1.807, 2.05) is 197 Å². The number of aromatic amines is 2. The Morgan fingerprint density at radius 2 is 0.899 bits per heavy atom. The predicted molar refractivity (Wildman–Crippen MR) is 558 cm³/mol. The number of nitrogens with two attached hydrogens (primary N) is 1. The van der Waals surface area contributed by atoms with Crippen LogP contribution in [0.1, 0.15) is 128 Å². The van der Waals surface area contributed by atoms with Crippen molar-refractivity contribution in [2.75, 3.05) is 4.93 Å². The molecule has 0 saturated carbocycles. The zero-order chi connectivity index (χ0) is 106. The quantitative estimate of drug-likeness (QED) is 0.0155. The molecule has 0 bridgehead atoms. The first-order valence-electron chi connectivity index (χ1n) is 41.5. The summed E-state index contributed by atoms with van der Waals surface area (Å²) in [7, 11) is 3.62. The Kier molecular flexibility index (Phi) is 59.1. The van der Waals surface area contributed by atoms with Gasteiger partial charge in [-0.2, -0.15) is 10.5 Å². The number of carboxylic acid groups (broad SMARTS) is 1. The molecule has 3 saturated heterocycles. The van der Waals surface area contributed by atoms with E-state index < -0.39 is 77.1 Å². The van der Waals surface area contributed by atoms with Gasteiger partial charge in [-0.25, -0.2) is 34.9 Å². The average molecular weight is 2520 g/mol. The molecule has 3 fully saturated rings. The van der Waals surface area contributed by atoms with Gasteiger partial charge in [-0.3, -0.25) is 65.5 Å². The fraction of sp³-hybridized carbons (Fsp3) is 0.280. The predicted octanol–water partition coefficient (Wildman–Crippen LogP) is -3.18. The van der Waals surface area contributed by atoms with Crippen molar-refractivity contribution < 1.29 is 262 Å². The summed E-state index contributed by atoms with van der Waals surface area (Å²) in [6.07, 6.45) is 0.710. The Morgan fingerprint density at radius 1 is 0.530 bits per heavy atom. The Labute approximate surface area is 1010 Å². The van der Waals surface area contributed by atoms with Crippen molar-refractivity contribution in [2.24, 2.45) is 34.1 Å². The number of alkyl halides is 1. The summed E-state index contributed by atoms with van der Waals surface area (Å²) in [5.41, 5.74) is 7.63. The van der Waals surface area contributed by atoms with Crippen molar-refractivity contribution in [1.82, 2.24) is 43.9 Å². The van der Waals surface area contributed by atoms with Gasteiger partial charge >= 0.3 is 189 Å². The van der Waals surface area contributed by atoms with Crippen LogP contribution in [-0.4, -0.2) is 144 Å². The number of hydrogen-bond donors (Lipinski definition) is 8. The Bertz CT molecular complexity index is 7670. The van der Waals surface area contributed by atoms with E-state index in [1.54, 1.807) is 101 Å². The molecule has 16 aromatic rings. The Balaban J connectivity index is 0. The number of H-pyrrole nitrogens is 2. The number of aliphatic carboxylic acids is 1. The number of benzene rings is 8. The maximum Gasteiger partial charge on any atom is 1.00 e. The van der Waals surface area contributed by atoms with Gasteiger partial charge in [0.15, 0.2) is 34.2 Å². The number of pyridine rings is 3. The fourth-order valence-corrected chi connectivity index (χ4v) is 13.8. The first-order valence-corrected chi connectivity index (χ1v) is 49.1. The summed E-state index contributed by atoms with van der Waals surface area (Å²) < 4.78 is 104. The monoisotopic (exact) mass is 2510 g/mol. The minimum atomic E-state index is -5.94. The normalized spacial score (nSPS) is 13.6. The third-order valence-electron chi connectivity index (χ3n) is 22.2. The largest absolute Gasteiger partial charge is 1.00 e. The zero-order valence-corrected chi connectivity index (χ0v) is 101. The van der Waals surface area contributed by atoms with E-state index in [4.69, 9.17) is 116 Å². The smallest absolute Gasteiger partial charge is 1.00 e. The molecule has 3 aliphatic heterocycles. The van der Waals surface area contributed by atoms with Gasteiger partial charge in [-0.15, -0.1) is 12.4 Å². The maximum absolute atomic E-state index is 12.7. The summed E-state index contributed by atoms with van der Waals surface area (Å²) in [6.45, 7) is 25.1. The van der Waals surface area contributed by atoms with Crippen LogP contribution in [0, 0.1) is 22.7 Å². The van der Waals surface area contributed by atoms with Crippen molar-refractivity contribution >= 4 is 225 Å². The number of carbonyl (C=O) groups is 3. The Hall–Kier alpha value is -7.58. The van der Waals surface area contributed by atoms with Crippen molar-refractivity contribution in [1.29, 1.82) is 10.5 Å². The topological polar surface area (TPSA) is 675 Å². The third kappa shape index (κ3) is 37.9. The standard InChI is InChI=1S/C18H11N3O3.C14H18BNO4.C12H24B2O4.C10H6ClNO.C10H6N2O.C8H8BNO4.C8H6BrNO2.C7H4BrNO2.C2H4O2.CH3I.CH2O3.2CH4.ClH.IO4.2K.H3NO.H3N.Na.H/c1-20-15-7-6-13(9-16(15)24-18(20)23)21-14-5-3-2-4-11(14)8-12(10-19)17(21)22;1-13(2)14(3,4)20-15(19-13)9-6-7-10-11(8-9)18-12(17)16(10)5;1-9(2)10(3,4)16-13(15-9)14-17-11(5,6)12(7,8)18-14;11-10-8(6-13)5-7-3-1-2-4-9(7)12-10;11-6-8-5-7-3-1-2-4-9(7)12-10(8)13;1-10-6-3-2-5(9(12)13)4-7(6)14-8(10)11;1-10-6-3-2-5(9)4-7(6)12-8(10)11;8-4-1-2-5-6(3-4)11-7(10)9-5;1-2(3)4;1-2;2-1-4-3;;;;2-1(3,4)5;;;1-2;;;/h2-9H,1H3;6-8H,1-5H3;1-8H3;1-6H;1-5H,(H,12,13);2-4,12-13H,1H3;2-4H,1H3;1-3H,(H,9,10);1H3,(H,3,4);1H3;1,3H;2*1H4;1H;;;;2H,1H2;1H3;;/q;;;;;;;;;;;;;;-1;2*+1;;;+1;-1/p-1. The number of para-hydroxylation sites is 3. The number of nitriles is 2. The number of aldehydes is 1. The minimum Gasteiger partial charge on any atom is -1.00 e. The molecule has 0 amide bonds. The van der Waals surface area contributed by atoms with Crippen LogP contribution in [-0.2, 0) is 70.6 Å². The van der Waals surface area contributed by atoms with E-state index in [9.17, 15) is 43.6 Å². The molecule has 56 heteroatoms. The number of fused-ring (bicyclic) bond motifs is 8. The molecule has 19 rings (SSSR count). The van der Waals surface area contributed by atoms with Gasteiger partial charge in [0, 0.05) is 66.4 Å². The number of oxazole rings is 5. The van der Waals surface area contributed by atoms with E-state index in [0.717, 1.165) is 65.1 Å². The molecule has 11 heterocycles. The molecule has 149 heavy (non-hydrogen) atoms. The van der Waals surface area contributed by atoms with E-state index in [0.29, 0.717) is 67.5 Å². The average Bonchev–Trinajstić information content (AvgIpc) is 1.69. The maximum atomic E-state index is 12.7. The number of rotatable bonds is 6. The summed E-state index contributed by atoms with van der Waals surface area (Å²) in [5, 5.41) is 60.8. The molecule has 0 radical (unpaired) electrons. The fourth-order valence-electron chi connectivity index (χ4n) is 12.9. The molecule has 782 valence electrons. The van der Waals surface area contributed by atoms with Crippen molar-refractivity contribution in [3.05, 3.63) is 286 Å². The van der Waals surface area contributed by atoms with E-state index in [-0.39, 0.29) is 241 Å². The number of halogens is 6. The molecule has 0 spiro atoms. The van der Waals surface area contributed by atoms with Gasteiger partial charge in [0.1, 0.15) is 48.5 Å². The second-order valence-corrected chi connectivity index (χ2v) is 37.5. The van der Waals surface area contributed by atoms with Gasteiger partial charge < -0.3 is 93.1 Å². The van der Waals surface area contributed by atoms with Crippen molar-refractivity contribution in [3.63, 3.8) is 0 Å². The van der Waals surface area contributed by atoms with E-state index in [2.05, 4.69) is 80.2 Å². The molecular formula is C93H107B4Br2Cl2I2K2N12NaO31. The molecular weight excluding hydrogens is 2410 g/mol. The van der Waals surface area contributed by atoms with E-state index in [1.165, 1.54) is 35.0 Å². The molecule has 0 atom stereocenters. The van der Waals surface area contributed by atoms with Crippen LogP contribution in [0.4, 0.5) is 0 Å². The first kappa shape index (κ1) is 141. The molecule has 0 aliphatic carbocycles. The van der Waals surface area contributed by atoms with Crippen LogP contribution in [0.5, 0.6) is 0 Å².